The first-order chi connectivity index (χ1) is 18.5. The number of benzene rings is 1. The number of halogens is 3. The van der Waals surface area contributed by atoms with Crippen molar-refractivity contribution >= 4 is 51.4 Å². The summed E-state index contributed by atoms with van der Waals surface area (Å²) < 4.78 is 27.4. The number of piperidine rings is 2. The second-order valence-corrected chi connectivity index (χ2v) is 11.8. The molecule has 3 aromatic rings. The third-order valence-corrected chi connectivity index (χ3v) is 9.28. The van der Waals surface area contributed by atoms with E-state index in [4.69, 9.17) is 37.7 Å². The van der Waals surface area contributed by atoms with Crippen molar-refractivity contribution in [3.8, 4) is 0 Å². The Morgan fingerprint density at radius 2 is 1.87 bits per heavy atom. The highest BCUT2D eigenvalue weighted by Gasteiger charge is 2.41. The molecule has 4 saturated heterocycles. The van der Waals surface area contributed by atoms with E-state index < -0.39 is 12.2 Å². The number of hydrogen-bond donors (Lipinski definition) is 1. The van der Waals surface area contributed by atoms with Gasteiger partial charge in [-0.25, -0.2) is 19.0 Å². The van der Waals surface area contributed by atoms with E-state index in [-0.39, 0.29) is 0 Å². The number of likely N-dealkylation sites (tertiary alicyclic amines) is 1. The van der Waals surface area contributed by atoms with Crippen LogP contribution in [-0.2, 0) is 9.47 Å². The topological polar surface area (TPSA) is 80.6 Å². The van der Waals surface area contributed by atoms with Gasteiger partial charge in [0, 0.05) is 43.2 Å². The average molecular weight is 562 g/mol. The van der Waals surface area contributed by atoms with Crippen molar-refractivity contribution in [2.45, 2.75) is 37.5 Å². The summed E-state index contributed by atoms with van der Waals surface area (Å²) in [6.45, 7) is 6.16. The average Bonchev–Trinajstić information content (AvgIpc) is 3.21. The summed E-state index contributed by atoms with van der Waals surface area (Å²) in [5.74, 6) is 0.396. The Morgan fingerprint density at radius 1 is 1.05 bits per heavy atom. The van der Waals surface area contributed by atoms with E-state index in [1.165, 1.54) is 0 Å². The van der Waals surface area contributed by atoms with Crippen LogP contribution in [0.25, 0.3) is 10.9 Å². The van der Waals surface area contributed by atoms with E-state index in [9.17, 15) is 0 Å². The van der Waals surface area contributed by atoms with Gasteiger partial charge in [-0.2, -0.15) is 5.10 Å². The molecule has 0 aliphatic carbocycles. The molecule has 0 amide bonds. The van der Waals surface area contributed by atoms with Gasteiger partial charge in [0.25, 0.3) is 0 Å². The molecule has 0 radical (unpaired) electrons. The fraction of sp³-hybridized carbons (Fsp3) is 0.577. The smallest absolute Gasteiger partial charge is 0.227 e. The molecule has 2 atom stereocenters. The molecular formula is C26H30Cl2FN7O2. The van der Waals surface area contributed by atoms with Crippen LogP contribution in [0.3, 0.4) is 0 Å². The van der Waals surface area contributed by atoms with Crippen molar-refractivity contribution in [3.05, 3.63) is 34.7 Å². The number of fused-ring (bicyclic) bond motifs is 1. The van der Waals surface area contributed by atoms with Gasteiger partial charge in [-0.15, -0.1) is 0 Å². The normalized spacial score (nSPS) is 25.9. The second kappa shape index (κ2) is 9.75. The Morgan fingerprint density at radius 3 is 2.55 bits per heavy atom. The summed E-state index contributed by atoms with van der Waals surface area (Å²) in [6.07, 6.45) is 5.14. The first kappa shape index (κ1) is 24.8. The molecule has 4 aliphatic heterocycles. The van der Waals surface area contributed by atoms with E-state index in [0.29, 0.717) is 59.4 Å². The molecule has 38 heavy (non-hydrogen) atoms. The minimum Gasteiger partial charge on any atom is -0.380 e. The summed E-state index contributed by atoms with van der Waals surface area (Å²) in [6, 6.07) is 3.86. The predicted octanol–water partition coefficient (Wildman–Crippen LogP) is 4.48. The van der Waals surface area contributed by atoms with E-state index in [0.717, 1.165) is 62.3 Å². The highest BCUT2D eigenvalue weighted by molar-refractivity contribution is 6.34. The maximum absolute atomic E-state index is 15.1. The summed E-state index contributed by atoms with van der Waals surface area (Å²) in [4.78, 5) is 13.7. The molecule has 12 heteroatoms. The quantitative estimate of drug-likeness (QED) is 0.488. The van der Waals surface area contributed by atoms with Crippen molar-refractivity contribution in [2.24, 2.45) is 5.41 Å². The van der Waals surface area contributed by atoms with Gasteiger partial charge in [0.15, 0.2) is 5.15 Å². The predicted molar refractivity (Wildman–Crippen MR) is 144 cm³/mol. The van der Waals surface area contributed by atoms with Crippen LogP contribution >= 0.6 is 23.2 Å². The van der Waals surface area contributed by atoms with Crippen LogP contribution < -0.4 is 10.2 Å². The Labute approximate surface area is 230 Å². The van der Waals surface area contributed by atoms with Crippen LogP contribution in [0.5, 0.6) is 0 Å². The number of hydrogen-bond acceptors (Lipinski definition) is 8. The van der Waals surface area contributed by atoms with E-state index in [1.807, 2.05) is 12.1 Å². The maximum Gasteiger partial charge on any atom is 0.227 e. The van der Waals surface area contributed by atoms with Gasteiger partial charge in [0.05, 0.1) is 66.6 Å². The molecule has 0 saturated carbocycles. The molecule has 0 bridgehead atoms. The Bertz CT molecular complexity index is 1340. The zero-order valence-electron chi connectivity index (χ0n) is 21.0. The number of rotatable bonds is 5. The zero-order valence-corrected chi connectivity index (χ0v) is 22.5. The molecule has 202 valence electrons. The minimum absolute atomic E-state index is 0.323. The lowest BCUT2D eigenvalue weighted by atomic mass is 9.77. The summed E-state index contributed by atoms with van der Waals surface area (Å²) in [7, 11) is 0. The lowest BCUT2D eigenvalue weighted by Gasteiger charge is -2.48. The van der Waals surface area contributed by atoms with Gasteiger partial charge in [0.1, 0.15) is 6.17 Å². The first-order valence-electron chi connectivity index (χ1n) is 13.2. The number of anilines is 3. The molecule has 7 rings (SSSR count). The number of nitrogens with one attached hydrogen (secondary N) is 1. The Balaban J connectivity index is 1.07. The van der Waals surface area contributed by atoms with Gasteiger partial charge in [-0.1, -0.05) is 23.2 Å². The molecule has 6 heterocycles. The Kier molecular flexibility index (Phi) is 6.35. The number of aromatic nitrogens is 4. The zero-order chi connectivity index (χ0) is 25.9. The Hall–Kier alpha value is -2.24. The van der Waals surface area contributed by atoms with Gasteiger partial charge in [-0.05, 0) is 31.4 Å². The van der Waals surface area contributed by atoms with Gasteiger partial charge < -0.3 is 19.7 Å². The summed E-state index contributed by atoms with van der Waals surface area (Å²) in [5, 5.41) is 9.49. The van der Waals surface area contributed by atoms with Gasteiger partial charge in [0.2, 0.25) is 5.95 Å². The molecule has 4 fully saturated rings. The van der Waals surface area contributed by atoms with Crippen LogP contribution in [0, 0.1) is 5.41 Å². The van der Waals surface area contributed by atoms with Crippen molar-refractivity contribution in [1.82, 2.24) is 24.6 Å². The van der Waals surface area contributed by atoms with Gasteiger partial charge >= 0.3 is 0 Å². The van der Waals surface area contributed by atoms with Gasteiger partial charge in [-0.3, -0.25) is 4.90 Å². The third-order valence-electron chi connectivity index (χ3n) is 8.60. The molecule has 0 unspecified atom stereocenters. The van der Waals surface area contributed by atoms with Crippen molar-refractivity contribution < 1.29 is 13.9 Å². The van der Waals surface area contributed by atoms with E-state index in [2.05, 4.69) is 25.2 Å². The van der Waals surface area contributed by atoms with E-state index >= 15 is 4.39 Å². The summed E-state index contributed by atoms with van der Waals surface area (Å²) in [5.41, 5.74) is 2.67. The number of alkyl halides is 1. The van der Waals surface area contributed by atoms with Crippen LogP contribution in [-0.4, -0.2) is 89.5 Å². The highest BCUT2D eigenvalue weighted by atomic mass is 35.5. The highest BCUT2D eigenvalue weighted by Crippen LogP contribution is 2.41. The lowest BCUT2D eigenvalue weighted by molar-refractivity contribution is -0.124. The number of nitrogens with zero attached hydrogens (tertiary/aromatic N) is 6. The summed E-state index contributed by atoms with van der Waals surface area (Å²) >= 11 is 13.3. The van der Waals surface area contributed by atoms with Crippen LogP contribution in [0.4, 0.5) is 21.7 Å². The largest absolute Gasteiger partial charge is 0.380 e. The monoisotopic (exact) mass is 561 g/mol. The molecule has 2 aromatic heterocycles. The lowest BCUT2D eigenvalue weighted by Crippen LogP contribution is -2.55. The number of ether oxygens (including phenoxy) is 2. The maximum atomic E-state index is 15.1. The van der Waals surface area contributed by atoms with Crippen molar-refractivity contribution in [2.75, 3.05) is 62.8 Å². The molecule has 1 aromatic carbocycles. The van der Waals surface area contributed by atoms with Crippen molar-refractivity contribution in [1.29, 1.82) is 0 Å². The van der Waals surface area contributed by atoms with Crippen molar-refractivity contribution in [3.63, 3.8) is 0 Å². The molecule has 4 aliphatic rings. The fourth-order valence-electron chi connectivity index (χ4n) is 5.98. The van der Waals surface area contributed by atoms with Crippen LogP contribution in [0.2, 0.25) is 10.2 Å². The molecule has 9 nitrogen and oxygen atoms in total. The van der Waals surface area contributed by atoms with E-state index in [1.54, 1.807) is 17.1 Å². The minimum atomic E-state index is -1.06. The van der Waals surface area contributed by atoms with Crippen LogP contribution in [0.1, 0.15) is 25.3 Å². The molecule has 1 spiro atoms. The molecule has 1 N–H and O–H groups in total. The standard InChI is InChI=1S/C26H30Cl2FN7O2/c27-18-7-16-9-30-25(32-20(16)8-23(18)34-5-2-26(3-6-34)14-38-15-26)33-21-10-31-36(24(21)28)22-1-4-35(11-19(22)29)17-12-37-13-17/h7-10,17,19,22H,1-6,11-15H2,(H,30,32,33)/t19-,22-/m0/s1. The second-order valence-electron chi connectivity index (χ2n) is 11.0. The van der Waals surface area contributed by atoms with Crippen LogP contribution in [0.15, 0.2) is 24.5 Å². The third kappa shape index (κ3) is 4.40. The first-order valence-corrected chi connectivity index (χ1v) is 14.0. The molecular weight excluding hydrogens is 532 g/mol. The fourth-order valence-corrected chi connectivity index (χ4v) is 6.54. The SMILES string of the molecule is F[C@H]1CN(C2COC2)CC[C@@H]1n1ncc(Nc2ncc3cc(Cl)c(N4CCC5(CC4)COC5)cc3n2)c1Cl.